The molecule has 0 radical (unpaired) electrons. The molecule has 0 bridgehead atoms. The molecule has 15 heavy (non-hydrogen) atoms. The summed E-state index contributed by atoms with van der Waals surface area (Å²) in [5.41, 5.74) is 1.02. The van der Waals surface area contributed by atoms with E-state index in [-0.39, 0.29) is 5.97 Å². The Labute approximate surface area is 93.9 Å². The number of ether oxygens (including phenoxy) is 1. The molecular weight excluding hydrogens is 212 g/mol. The van der Waals surface area contributed by atoms with Gasteiger partial charge in [0.2, 0.25) is 0 Å². The number of nitrogens with zero attached hydrogens (tertiary/aromatic N) is 2. The normalized spacial score (nSPS) is 10.7. The van der Waals surface area contributed by atoms with Crippen molar-refractivity contribution < 1.29 is 9.53 Å². The number of esters is 1. The highest BCUT2D eigenvalue weighted by Crippen LogP contribution is 2.11. The number of likely N-dealkylation sites (N-methyl/N-ethyl adjacent to an activating group) is 1. The van der Waals surface area contributed by atoms with Crippen molar-refractivity contribution in [1.29, 1.82) is 0 Å². The Kier molecular flexibility index (Phi) is 4.71. The van der Waals surface area contributed by atoms with Crippen molar-refractivity contribution in [2.75, 3.05) is 20.7 Å². The van der Waals surface area contributed by atoms with Gasteiger partial charge in [0.15, 0.2) is 0 Å². The number of aryl methyl sites for hydroxylation is 1. The molecule has 1 heterocycles. The number of thiazole rings is 1. The van der Waals surface area contributed by atoms with Crippen molar-refractivity contribution in [2.24, 2.45) is 0 Å². The van der Waals surface area contributed by atoms with Crippen LogP contribution in [0.3, 0.4) is 0 Å². The Hall–Kier alpha value is -0.940. The molecule has 1 aromatic heterocycles. The van der Waals surface area contributed by atoms with E-state index in [1.165, 1.54) is 7.11 Å². The van der Waals surface area contributed by atoms with Gasteiger partial charge in [-0.3, -0.25) is 9.69 Å². The monoisotopic (exact) mass is 228 g/mol. The summed E-state index contributed by atoms with van der Waals surface area (Å²) in [7, 11) is 3.27. The van der Waals surface area contributed by atoms with Crippen LogP contribution in [0.25, 0.3) is 0 Å². The van der Waals surface area contributed by atoms with Crippen molar-refractivity contribution in [3.05, 3.63) is 16.1 Å². The van der Waals surface area contributed by atoms with Crippen molar-refractivity contribution in [2.45, 2.75) is 19.9 Å². The van der Waals surface area contributed by atoms with Crippen molar-refractivity contribution in [3.8, 4) is 0 Å². The average Bonchev–Trinajstić information content (AvgIpc) is 2.65. The van der Waals surface area contributed by atoms with Crippen molar-refractivity contribution in [1.82, 2.24) is 9.88 Å². The minimum Gasteiger partial charge on any atom is -0.468 e. The Morgan fingerprint density at radius 2 is 2.40 bits per heavy atom. The lowest BCUT2D eigenvalue weighted by molar-refractivity contribution is -0.141. The number of hydrogen-bond donors (Lipinski definition) is 0. The van der Waals surface area contributed by atoms with Gasteiger partial charge in [0.1, 0.15) is 0 Å². The number of carbonyl (C=O) groups is 1. The van der Waals surface area contributed by atoms with Crippen LogP contribution in [0.5, 0.6) is 0 Å². The fourth-order valence-electron chi connectivity index (χ4n) is 1.20. The molecule has 1 aromatic rings. The second kappa shape index (κ2) is 5.82. The van der Waals surface area contributed by atoms with Crippen LogP contribution in [0.1, 0.15) is 17.6 Å². The Morgan fingerprint density at radius 3 is 2.93 bits per heavy atom. The van der Waals surface area contributed by atoms with Gasteiger partial charge in [-0.05, 0) is 13.5 Å². The summed E-state index contributed by atoms with van der Waals surface area (Å²) in [6.07, 6.45) is 0.964. The lowest BCUT2D eigenvalue weighted by Crippen LogP contribution is -2.26. The van der Waals surface area contributed by atoms with Gasteiger partial charge in [0.25, 0.3) is 0 Å². The molecule has 0 saturated heterocycles. The van der Waals surface area contributed by atoms with Crippen LogP contribution in [0.15, 0.2) is 5.38 Å². The van der Waals surface area contributed by atoms with Crippen molar-refractivity contribution in [3.63, 3.8) is 0 Å². The lowest BCUT2D eigenvalue weighted by atomic mass is 10.4. The summed E-state index contributed by atoms with van der Waals surface area (Å²) < 4.78 is 4.59. The predicted octanol–water partition coefficient (Wildman–Crippen LogP) is 1.31. The highest BCUT2D eigenvalue weighted by atomic mass is 32.1. The highest BCUT2D eigenvalue weighted by Gasteiger charge is 2.08. The first kappa shape index (κ1) is 12.1. The van der Waals surface area contributed by atoms with E-state index in [4.69, 9.17) is 0 Å². The average molecular weight is 228 g/mol. The summed E-state index contributed by atoms with van der Waals surface area (Å²) in [5.74, 6) is -0.219. The van der Waals surface area contributed by atoms with E-state index in [0.717, 1.165) is 17.1 Å². The summed E-state index contributed by atoms with van der Waals surface area (Å²) in [4.78, 5) is 17.3. The summed E-state index contributed by atoms with van der Waals surface area (Å²) >= 11 is 1.66. The molecule has 0 aliphatic rings. The van der Waals surface area contributed by atoms with E-state index in [9.17, 15) is 4.79 Å². The van der Waals surface area contributed by atoms with Crippen LogP contribution in [0, 0.1) is 0 Å². The van der Waals surface area contributed by atoms with Crippen LogP contribution in [0.4, 0.5) is 0 Å². The van der Waals surface area contributed by atoms with Gasteiger partial charge in [0.05, 0.1) is 24.4 Å². The molecule has 5 heteroatoms. The largest absolute Gasteiger partial charge is 0.468 e. The SMILES string of the molecule is CCc1nc(CN(C)CC(=O)OC)cs1. The maximum atomic E-state index is 11.0. The molecule has 84 valence electrons. The third kappa shape index (κ3) is 3.97. The molecule has 0 spiro atoms. The molecule has 0 amide bonds. The van der Waals surface area contributed by atoms with Gasteiger partial charge in [-0.1, -0.05) is 6.92 Å². The third-order valence-electron chi connectivity index (χ3n) is 1.96. The molecule has 0 aliphatic heterocycles. The quantitative estimate of drug-likeness (QED) is 0.713. The smallest absolute Gasteiger partial charge is 0.319 e. The summed E-state index contributed by atoms with van der Waals surface area (Å²) in [5, 5.41) is 3.17. The first-order valence-electron chi connectivity index (χ1n) is 4.84. The van der Waals surface area contributed by atoms with Crippen LogP contribution in [-0.2, 0) is 22.5 Å². The summed E-state index contributed by atoms with van der Waals surface area (Å²) in [6, 6.07) is 0. The molecular formula is C10H16N2O2S. The molecule has 4 nitrogen and oxygen atoms in total. The minimum absolute atomic E-state index is 0.219. The van der Waals surface area contributed by atoms with Gasteiger partial charge in [-0.25, -0.2) is 4.98 Å². The van der Waals surface area contributed by atoms with Crippen LogP contribution in [0.2, 0.25) is 0 Å². The maximum absolute atomic E-state index is 11.0. The number of rotatable bonds is 5. The molecule has 0 saturated carbocycles. The predicted molar refractivity (Wildman–Crippen MR) is 59.8 cm³/mol. The maximum Gasteiger partial charge on any atom is 0.319 e. The van der Waals surface area contributed by atoms with Crippen molar-refractivity contribution >= 4 is 17.3 Å². The number of carbonyl (C=O) groups excluding carboxylic acids is 1. The number of methoxy groups -OCH3 is 1. The van der Waals surface area contributed by atoms with Gasteiger partial charge in [0, 0.05) is 11.9 Å². The van der Waals surface area contributed by atoms with Crippen LogP contribution in [-0.4, -0.2) is 36.6 Å². The second-order valence-electron chi connectivity index (χ2n) is 3.33. The van der Waals surface area contributed by atoms with Crippen LogP contribution < -0.4 is 0 Å². The first-order valence-corrected chi connectivity index (χ1v) is 5.72. The van der Waals surface area contributed by atoms with Crippen LogP contribution >= 0.6 is 11.3 Å². The Morgan fingerprint density at radius 1 is 1.67 bits per heavy atom. The van der Waals surface area contributed by atoms with Gasteiger partial charge >= 0.3 is 5.97 Å². The van der Waals surface area contributed by atoms with E-state index in [2.05, 4.69) is 16.6 Å². The zero-order valence-corrected chi connectivity index (χ0v) is 10.1. The molecule has 0 fully saturated rings. The first-order chi connectivity index (χ1) is 7.15. The summed E-state index contributed by atoms with van der Waals surface area (Å²) in [6.45, 7) is 3.07. The second-order valence-corrected chi connectivity index (χ2v) is 4.28. The molecule has 0 aromatic carbocycles. The zero-order chi connectivity index (χ0) is 11.3. The minimum atomic E-state index is -0.219. The van der Waals surface area contributed by atoms with Gasteiger partial charge in [-0.15, -0.1) is 11.3 Å². The topological polar surface area (TPSA) is 42.4 Å². The highest BCUT2D eigenvalue weighted by molar-refractivity contribution is 7.09. The zero-order valence-electron chi connectivity index (χ0n) is 9.32. The standard InChI is InChI=1S/C10H16N2O2S/c1-4-9-11-8(7-15-9)5-12(2)6-10(13)14-3/h7H,4-6H2,1-3H3. The van der Waals surface area contributed by atoms with E-state index in [0.29, 0.717) is 13.1 Å². The molecule has 0 aliphatic carbocycles. The molecule has 1 rings (SSSR count). The van der Waals surface area contributed by atoms with Gasteiger partial charge < -0.3 is 4.74 Å². The van der Waals surface area contributed by atoms with E-state index < -0.39 is 0 Å². The fourth-order valence-corrected chi connectivity index (χ4v) is 1.94. The lowest BCUT2D eigenvalue weighted by Gasteiger charge is -2.12. The van der Waals surface area contributed by atoms with E-state index in [1.54, 1.807) is 11.3 Å². The van der Waals surface area contributed by atoms with E-state index >= 15 is 0 Å². The fraction of sp³-hybridized carbons (Fsp3) is 0.600. The third-order valence-corrected chi connectivity index (χ3v) is 3.00. The molecule has 0 atom stereocenters. The molecule has 0 unspecified atom stereocenters. The number of hydrogen-bond acceptors (Lipinski definition) is 5. The van der Waals surface area contributed by atoms with E-state index in [1.807, 2.05) is 17.3 Å². The molecule has 0 N–H and O–H groups in total. The Bertz CT molecular complexity index is 325. The number of aromatic nitrogens is 1. The van der Waals surface area contributed by atoms with Gasteiger partial charge in [-0.2, -0.15) is 0 Å². The Balaban J connectivity index is 2.43.